The molecule has 18 heavy (non-hydrogen) atoms. The predicted octanol–water partition coefficient (Wildman–Crippen LogP) is 3.13. The van der Waals surface area contributed by atoms with Gasteiger partial charge in [0.15, 0.2) is 0 Å². The van der Waals surface area contributed by atoms with Crippen molar-refractivity contribution in [3.8, 4) is 5.75 Å². The van der Waals surface area contributed by atoms with Crippen molar-refractivity contribution < 1.29 is 14.2 Å². The zero-order valence-electron chi connectivity index (χ0n) is 11.7. The molecule has 0 aliphatic carbocycles. The Balaban J connectivity index is 2.09. The Kier molecular flexibility index (Phi) is 7.46. The molecule has 1 aromatic carbocycles. The van der Waals surface area contributed by atoms with E-state index < -0.39 is 0 Å². The van der Waals surface area contributed by atoms with Crippen molar-refractivity contribution in [2.75, 3.05) is 33.0 Å². The highest BCUT2D eigenvalue weighted by Crippen LogP contribution is 2.19. The highest BCUT2D eigenvalue weighted by atomic mass is 16.5. The number of rotatable bonds is 9. The Morgan fingerprint density at radius 3 is 2.50 bits per heavy atom. The average molecular weight is 252 g/mol. The van der Waals surface area contributed by atoms with Crippen molar-refractivity contribution in [2.45, 2.75) is 27.2 Å². The fourth-order valence-corrected chi connectivity index (χ4v) is 1.57. The minimum atomic E-state index is 0.664. The van der Waals surface area contributed by atoms with Crippen LogP contribution < -0.4 is 4.74 Å². The molecule has 0 saturated heterocycles. The summed E-state index contributed by atoms with van der Waals surface area (Å²) in [4.78, 5) is 0. The topological polar surface area (TPSA) is 27.7 Å². The monoisotopic (exact) mass is 252 g/mol. The van der Waals surface area contributed by atoms with Crippen molar-refractivity contribution in [1.82, 2.24) is 0 Å². The van der Waals surface area contributed by atoms with Crippen LogP contribution in [0, 0.1) is 13.8 Å². The zero-order chi connectivity index (χ0) is 13.2. The van der Waals surface area contributed by atoms with Crippen molar-refractivity contribution in [3.05, 3.63) is 29.3 Å². The second-order valence-corrected chi connectivity index (χ2v) is 4.28. The molecule has 0 bridgehead atoms. The van der Waals surface area contributed by atoms with Gasteiger partial charge in [-0.25, -0.2) is 0 Å². The number of hydrogen-bond donors (Lipinski definition) is 0. The lowest BCUT2D eigenvalue weighted by atomic mass is 10.1. The number of aryl methyl sites for hydroxylation is 2. The molecule has 102 valence electrons. The van der Waals surface area contributed by atoms with Crippen molar-refractivity contribution in [3.63, 3.8) is 0 Å². The molecular weight excluding hydrogens is 228 g/mol. The molecule has 0 aromatic heterocycles. The molecule has 0 heterocycles. The molecule has 0 aliphatic heterocycles. The molecule has 0 atom stereocenters. The second-order valence-electron chi connectivity index (χ2n) is 4.28. The van der Waals surface area contributed by atoms with Gasteiger partial charge in [-0.05, 0) is 38.0 Å². The minimum Gasteiger partial charge on any atom is -0.493 e. The summed E-state index contributed by atoms with van der Waals surface area (Å²) < 4.78 is 16.3. The Labute approximate surface area is 110 Å². The van der Waals surface area contributed by atoms with Crippen molar-refractivity contribution >= 4 is 0 Å². The molecule has 0 saturated carbocycles. The van der Waals surface area contributed by atoms with Gasteiger partial charge in [0.05, 0.1) is 19.8 Å². The second kappa shape index (κ2) is 8.95. The van der Waals surface area contributed by atoms with E-state index in [1.807, 2.05) is 6.92 Å². The van der Waals surface area contributed by atoms with Crippen LogP contribution in [0.2, 0.25) is 0 Å². The average Bonchev–Trinajstić information content (AvgIpc) is 2.36. The Hall–Kier alpha value is -1.06. The normalized spacial score (nSPS) is 10.6. The van der Waals surface area contributed by atoms with Gasteiger partial charge in [-0.15, -0.1) is 0 Å². The van der Waals surface area contributed by atoms with E-state index in [2.05, 4.69) is 32.0 Å². The summed E-state index contributed by atoms with van der Waals surface area (Å²) in [6.07, 6.45) is 0.902. The molecule has 0 spiro atoms. The first-order valence-electron chi connectivity index (χ1n) is 6.59. The van der Waals surface area contributed by atoms with Gasteiger partial charge >= 0.3 is 0 Å². The summed E-state index contributed by atoms with van der Waals surface area (Å²) in [5.74, 6) is 0.976. The highest BCUT2D eigenvalue weighted by Gasteiger charge is 1.99. The highest BCUT2D eigenvalue weighted by molar-refractivity contribution is 5.35. The van der Waals surface area contributed by atoms with E-state index >= 15 is 0 Å². The van der Waals surface area contributed by atoms with Gasteiger partial charge in [-0.3, -0.25) is 0 Å². The Bertz CT molecular complexity index is 337. The zero-order valence-corrected chi connectivity index (χ0v) is 11.7. The summed E-state index contributed by atoms with van der Waals surface area (Å²) >= 11 is 0. The van der Waals surface area contributed by atoms with Crippen molar-refractivity contribution in [1.29, 1.82) is 0 Å². The van der Waals surface area contributed by atoms with Gasteiger partial charge < -0.3 is 14.2 Å². The van der Waals surface area contributed by atoms with Gasteiger partial charge in [0, 0.05) is 19.6 Å². The molecule has 0 radical (unpaired) electrons. The first-order chi connectivity index (χ1) is 8.74. The third kappa shape index (κ3) is 6.03. The summed E-state index contributed by atoms with van der Waals surface area (Å²) in [7, 11) is 0. The first-order valence-corrected chi connectivity index (χ1v) is 6.59. The fraction of sp³-hybridized carbons (Fsp3) is 0.600. The molecule has 1 rings (SSSR count). The van der Waals surface area contributed by atoms with Crippen LogP contribution in [0.5, 0.6) is 5.75 Å². The lowest BCUT2D eigenvalue weighted by Crippen LogP contribution is -2.08. The van der Waals surface area contributed by atoms with Crippen LogP contribution in [-0.4, -0.2) is 33.0 Å². The van der Waals surface area contributed by atoms with E-state index in [-0.39, 0.29) is 0 Å². The van der Waals surface area contributed by atoms with Crippen LogP contribution in [-0.2, 0) is 9.47 Å². The molecule has 0 aliphatic rings. The maximum Gasteiger partial charge on any atom is 0.122 e. The summed E-state index contributed by atoms with van der Waals surface area (Å²) in [5, 5.41) is 0. The smallest absolute Gasteiger partial charge is 0.122 e. The standard InChI is InChI=1S/C15H24O3/c1-4-16-10-11-17-8-5-9-18-15-12-13(2)6-7-14(15)3/h6-7,12H,4-5,8-11H2,1-3H3. The lowest BCUT2D eigenvalue weighted by Gasteiger charge is -2.10. The van der Waals surface area contributed by atoms with E-state index in [4.69, 9.17) is 14.2 Å². The van der Waals surface area contributed by atoms with Crippen molar-refractivity contribution in [2.24, 2.45) is 0 Å². The van der Waals surface area contributed by atoms with Gasteiger partial charge in [0.2, 0.25) is 0 Å². The SMILES string of the molecule is CCOCCOCCCOc1cc(C)ccc1C. The van der Waals surface area contributed by atoms with Crippen LogP contribution in [0.4, 0.5) is 0 Å². The fourth-order valence-electron chi connectivity index (χ4n) is 1.57. The van der Waals surface area contributed by atoms with Crippen LogP contribution >= 0.6 is 0 Å². The minimum absolute atomic E-state index is 0.664. The van der Waals surface area contributed by atoms with E-state index in [0.29, 0.717) is 19.8 Å². The van der Waals surface area contributed by atoms with Crippen LogP contribution in [0.3, 0.4) is 0 Å². The molecule has 0 amide bonds. The Morgan fingerprint density at radius 1 is 0.944 bits per heavy atom. The molecule has 0 N–H and O–H groups in total. The number of ether oxygens (including phenoxy) is 3. The third-order valence-electron chi connectivity index (χ3n) is 2.61. The van der Waals surface area contributed by atoms with Crippen LogP contribution in [0.15, 0.2) is 18.2 Å². The lowest BCUT2D eigenvalue weighted by molar-refractivity contribution is 0.0482. The predicted molar refractivity (Wildman–Crippen MR) is 73.3 cm³/mol. The van der Waals surface area contributed by atoms with Crippen LogP contribution in [0.25, 0.3) is 0 Å². The van der Waals surface area contributed by atoms with Gasteiger partial charge in [0.25, 0.3) is 0 Å². The largest absolute Gasteiger partial charge is 0.493 e. The quantitative estimate of drug-likeness (QED) is 0.632. The van der Waals surface area contributed by atoms with E-state index in [0.717, 1.165) is 25.4 Å². The van der Waals surface area contributed by atoms with Gasteiger partial charge in [-0.2, -0.15) is 0 Å². The van der Waals surface area contributed by atoms with E-state index in [1.165, 1.54) is 11.1 Å². The molecule has 3 heteroatoms. The van der Waals surface area contributed by atoms with E-state index in [1.54, 1.807) is 0 Å². The number of hydrogen-bond acceptors (Lipinski definition) is 3. The molecule has 0 unspecified atom stereocenters. The summed E-state index contributed by atoms with van der Waals surface area (Å²) in [6.45, 7) is 9.62. The Morgan fingerprint density at radius 2 is 1.72 bits per heavy atom. The summed E-state index contributed by atoms with van der Waals surface area (Å²) in [5.41, 5.74) is 2.40. The first kappa shape index (κ1) is 15.0. The van der Waals surface area contributed by atoms with E-state index in [9.17, 15) is 0 Å². The molecule has 3 nitrogen and oxygen atoms in total. The maximum absolute atomic E-state index is 5.73. The number of benzene rings is 1. The van der Waals surface area contributed by atoms with Gasteiger partial charge in [0.1, 0.15) is 5.75 Å². The molecular formula is C15H24O3. The maximum atomic E-state index is 5.73. The third-order valence-corrected chi connectivity index (χ3v) is 2.61. The van der Waals surface area contributed by atoms with Gasteiger partial charge in [-0.1, -0.05) is 12.1 Å². The van der Waals surface area contributed by atoms with Crippen LogP contribution in [0.1, 0.15) is 24.5 Å². The molecule has 0 fully saturated rings. The molecule has 1 aromatic rings. The summed E-state index contributed by atoms with van der Waals surface area (Å²) in [6, 6.07) is 6.26.